The van der Waals surface area contributed by atoms with Crippen molar-refractivity contribution in [3.8, 4) is 0 Å². The summed E-state index contributed by atoms with van der Waals surface area (Å²) in [4.78, 5) is 35.8. The number of carbonyl (C=O) groups is 2. The van der Waals surface area contributed by atoms with Crippen LogP contribution in [-0.2, 0) is 9.59 Å². The third kappa shape index (κ3) is 4.33. The zero-order valence-electron chi connectivity index (χ0n) is 18.2. The fraction of sp³-hybridized carbons (Fsp3) is 0.360. The number of carbonyl (C=O) groups excluding carboxylic acids is 2. The van der Waals surface area contributed by atoms with Crippen LogP contribution in [0.3, 0.4) is 0 Å². The molecule has 0 spiro atoms. The molecule has 4 rings (SSSR count). The van der Waals surface area contributed by atoms with Crippen LogP contribution >= 0.6 is 11.6 Å². The standard InChI is InChI=1S/C25H26ClN3O2/c1-14-9-10-27-20(11-14)29-24(31)21-15(2)28-18-12-25(3,4)13-19(30)23(18)22(21)16-5-7-17(26)8-6-16/h5-11,21-22H,12-13H2,1-4H3,(H,27,29,31)/t21?,22-/m1/s1. The Morgan fingerprint density at radius 1 is 1.13 bits per heavy atom. The summed E-state index contributed by atoms with van der Waals surface area (Å²) in [6.45, 7) is 7.98. The maximum atomic E-state index is 13.5. The Balaban J connectivity index is 1.79. The van der Waals surface area contributed by atoms with Crippen molar-refractivity contribution < 1.29 is 9.59 Å². The van der Waals surface area contributed by atoms with Gasteiger partial charge in [-0.2, -0.15) is 0 Å². The number of aliphatic imine (C=N–C) groups is 1. The van der Waals surface area contributed by atoms with Crippen molar-refractivity contribution in [1.82, 2.24) is 4.98 Å². The second-order valence-corrected chi connectivity index (χ2v) is 9.71. The van der Waals surface area contributed by atoms with Crippen LogP contribution in [0.5, 0.6) is 0 Å². The third-order valence-electron chi connectivity index (χ3n) is 5.98. The first kappa shape index (κ1) is 21.4. The molecule has 1 aliphatic carbocycles. The quantitative estimate of drug-likeness (QED) is 0.691. The van der Waals surface area contributed by atoms with E-state index in [1.165, 1.54) is 0 Å². The van der Waals surface area contributed by atoms with Gasteiger partial charge in [0.2, 0.25) is 5.91 Å². The van der Waals surface area contributed by atoms with Gasteiger partial charge in [-0.1, -0.05) is 37.6 Å². The number of anilines is 1. The van der Waals surface area contributed by atoms with E-state index in [-0.39, 0.29) is 17.1 Å². The molecule has 1 amide bonds. The zero-order valence-corrected chi connectivity index (χ0v) is 19.0. The Kier molecular flexibility index (Phi) is 5.56. The second kappa shape index (κ2) is 8.04. The van der Waals surface area contributed by atoms with Crippen molar-refractivity contribution in [1.29, 1.82) is 0 Å². The molecule has 0 saturated heterocycles. The minimum atomic E-state index is -0.604. The highest BCUT2D eigenvalue weighted by Gasteiger charge is 2.45. The number of hydrogen-bond acceptors (Lipinski definition) is 4. The number of nitrogens with zero attached hydrogens (tertiary/aromatic N) is 2. The molecule has 2 aromatic rings. The number of aromatic nitrogens is 1. The van der Waals surface area contributed by atoms with E-state index in [1.54, 1.807) is 18.3 Å². The molecule has 6 heteroatoms. The molecular formula is C25H26ClN3O2. The summed E-state index contributed by atoms with van der Waals surface area (Å²) in [6, 6.07) is 11.1. The number of Topliss-reactive ketones (excluding diaryl/α,β-unsaturated/α-hetero) is 1. The number of hydrogen-bond donors (Lipinski definition) is 1. The maximum absolute atomic E-state index is 13.5. The van der Waals surface area contributed by atoms with E-state index in [0.717, 1.165) is 16.8 Å². The van der Waals surface area contributed by atoms with Crippen LogP contribution in [-0.4, -0.2) is 22.4 Å². The SMILES string of the molecule is CC1=NC2=C(C(=O)CC(C)(C)C2)[C@H](c2ccc(Cl)cc2)C1C(=O)Nc1cc(C)ccn1. The molecule has 1 aromatic heterocycles. The number of pyridine rings is 1. The summed E-state index contributed by atoms with van der Waals surface area (Å²) in [7, 11) is 0. The van der Waals surface area contributed by atoms with Crippen molar-refractivity contribution >= 4 is 34.8 Å². The average molecular weight is 436 g/mol. The van der Waals surface area contributed by atoms with Crippen molar-refractivity contribution in [3.63, 3.8) is 0 Å². The summed E-state index contributed by atoms with van der Waals surface area (Å²) in [5.74, 6) is -0.675. The first-order valence-electron chi connectivity index (χ1n) is 10.4. The van der Waals surface area contributed by atoms with Gasteiger partial charge in [-0.3, -0.25) is 14.6 Å². The monoisotopic (exact) mass is 435 g/mol. The first-order chi connectivity index (χ1) is 14.6. The van der Waals surface area contributed by atoms with Crippen molar-refractivity contribution in [3.05, 3.63) is 70.0 Å². The van der Waals surface area contributed by atoms with Crippen LogP contribution in [0.25, 0.3) is 0 Å². The summed E-state index contributed by atoms with van der Waals surface area (Å²) < 4.78 is 0. The van der Waals surface area contributed by atoms with Gasteiger partial charge in [0, 0.05) is 40.5 Å². The lowest BCUT2D eigenvalue weighted by molar-refractivity contribution is -0.119. The van der Waals surface area contributed by atoms with E-state index in [4.69, 9.17) is 16.6 Å². The summed E-state index contributed by atoms with van der Waals surface area (Å²) in [6.07, 6.45) is 2.82. The van der Waals surface area contributed by atoms with Crippen LogP contribution in [0, 0.1) is 18.3 Å². The van der Waals surface area contributed by atoms with Gasteiger partial charge in [0.05, 0.1) is 5.92 Å². The number of allylic oxidation sites excluding steroid dienone is 2. The van der Waals surface area contributed by atoms with Crippen molar-refractivity contribution in [2.75, 3.05) is 5.32 Å². The van der Waals surface area contributed by atoms with E-state index < -0.39 is 11.8 Å². The lowest BCUT2D eigenvalue weighted by Gasteiger charge is -2.39. The largest absolute Gasteiger partial charge is 0.310 e. The molecule has 1 aromatic carbocycles. The van der Waals surface area contributed by atoms with Crippen molar-refractivity contribution in [2.24, 2.45) is 16.3 Å². The Hall–Kier alpha value is -2.79. The number of amides is 1. The normalized spacial score (nSPS) is 22.6. The van der Waals surface area contributed by atoms with Gasteiger partial charge in [0.15, 0.2) is 5.78 Å². The van der Waals surface area contributed by atoms with Gasteiger partial charge in [-0.25, -0.2) is 4.98 Å². The summed E-state index contributed by atoms with van der Waals surface area (Å²) in [5.41, 5.74) is 3.90. The topological polar surface area (TPSA) is 71.4 Å². The summed E-state index contributed by atoms with van der Waals surface area (Å²) >= 11 is 6.11. The first-order valence-corrected chi connectivity index (χ1v) is 10.8. The third-order valence-corrected chi connectivity index (χ3v) is 6.23. The smallest absolute Gasteiger partial charge is 0.235 e. The van der Waals surface area contributed by atoms with Crippen LogP contribution < -0.4 is 5.32 Å². The van der Waals surface area contributed by atoms with Gasteiger partial charge in [-0.05, 0) is 61.1 Å². The van der Waals surface area contributed by atoms with Gasteiger partial charge in [0.1, 0.15) is 5.82 Å². The Morgan fingerprint density at radius 2 is 1.84 bits per heavy atom. The molecular weight excluding hydrogens is 410 g/mol. The van der Waals surface area contributed by atoms with Crippen LogP contribution in [0.2, 0.25) is 5.02 Å². The minimum Gasteiger partial charge on any atom is -0.310 e. The van der Waals surface area contributed by atoms with E-state index in [1.807, 2.05) is 38.1 Å². The number of ketones is 1. The molecule has 160 valence electrons. The number of benzene rings is 1. The number of aryl methyl sites for hydroxylation is 1. The molecule has 0 radical (unpaired) electrons. The van der Waals surface area contributed by atoms with Crippen LogP contribution in [0.15, 0.2) is 58.9 Å². The number of rotatable bonds is 3. The zero-order chi connectivity index (χ0) is 22.3. The molecule has 1 aliphatic heterocycles. The van der Waals surface area contributed by atoms with Gasteiger partial charge >= 0.3 is 0 Å². The minimum absolute atomic E-state index is 0.0638. The van der Waals surface area contributed by atoms with Gasteiger partial charge < -0.3 is 5.32 Å². The van der Waals surface area contributed by atoms with Gasteiger partial charge in [-0.15, -0.1) is 0 Å². The molecule has 2 aliphatic rings. The average Bonchev–Trinajstić information content (AvgIpc) is 2.66. The van der Waals surface area contributed by atoms with E-state index in [9.17, 15) is 9.59 Å². The predicted molar refractivity (Wildman–Crippen MR) is 123 cm³/mol. The fourth-order valence-electron chi connectivity index (χ4n) is 4.62. The molecule has 5 nitrogen and oxygen atoms in total. The highest BCUT2D eigenvalue weighted by molar-refractivity contribution is 6.30. The second-order valence-electron chi connectivity index (χ2n) is 9.27. The molecule has 0 bridgehead atoms. The molecule has 2 heterocycles. The molecule has 0 saturated carbocycles. The molecule has 1 unspecified atom stereocenters. The lowest BCUT2D eigenvalue weighted by atomic mass is 9.66. The van der Waals surface area contributed by atoms with Crippen LogP contribution in [0.1, 0.15) is 50.7 Å². The molecule has 1 N–H and O–H groups in total. The number of halogens is 1. The summed E-state index contributed by atoms with van der Waals surface area (Å²) in [5, 5.41) is 3.54. The Bertz CT molecular complexity index is 1120. The molecule has 2 atom stereocenters. The van der Waals surface area contributed by atoms with E-state index in [0.29, 0.717) is 35.0 Å². The highest BCUT2D eigenvalue weighted by Crippen LogP contribution is 2.47. The molecule has 0 fully saturated rings. The Morgan fingerprint density at radius 3 is 2.52 bits per heavy atom. The molecule has 31 heavy (non-hydrogen) atoms. The fourth-order valence-corrected chi connectivity index (χ4v) is 4.75. The van der Waals surface area contributed by atoms with E-state index >= 15 is 0 Å². The van der Waals surface area contributed by atoms with Gasteiger partial charge in [0.25, 0.3) is 0 Å². The maximum Gasteiger partial charge on any atom is 0.235 e. The van der Waals surface area contributed by atoms with Crippen LogP contribution in [0.4, 0.5) is 5.82 Å². The lowest BCUT2D eigenvalue weighted by Crippen LogP contribution is -2.41. The highest BCUT2D eigenvalue weighted by atomic mass is 35.5. The van der Waals surface area contributed by atoms with E-state index in [2.05, 4.69) is 24.1 Å². The number of nitrogens with one attached hydrogen (secondary N) is 1. The predicted octanol–water partition coefficient (Wildman–Crippen LogP) is 5.50. The van der Waals surface area contributed by atoms with Crippen molar-refractivity contribution in [2.45, 2.75) is 46.5 Å². The Labute approximate surface area is 187 Å².